The third-order valence-electron chi connectivity index (χ3n) is 7.34. The van der Waals surface area contributed by atoms with Gasteiger partial charge in [-0.3, -0.25) is 24.3 Å². The van der Waals surface area contributed by atoms with Gasteiger partial charge in [-0.25, -0.2) is 0 Å². The maximum Gasteiger partial charge on any atom is 0.300 e. The van der Waals surface area contributed by atoms with Crippen LogP contribution in [0, 0.1) is 0 Å². The maximum absolute atomic E-state index is 12.8. The lowest BCUT2D eigenvalue weighted by Crippen LogP contribution is -2.49. The largest absolute Gasteiger partial charge is 0.497 e. The number of ether oxygens (including phenoxy) is 3. The zero-order chi connectivity index (χ0) is 24.3. The Morgan fingerprint density at radius 1 is 0.914 bits per heavy atom. The first kappa shape index (κ1) is 22.1. The van der Waals surface area contributed by atoms with Crippen LogP contribution in [0.4, 0.5) is 5.69 Å². The zero-order valence-electron chi connectivity index (χ0n) is 20.3. The normalized spacial score (nSPS) is 20.8. The van der Waals surface area contributed by atoms with Gasteiger partial charge in [0.2, 0.25) is 6.79 Å². The monoisotopic (exact) mass is 475 g/mol. The summed E-state index contributed by atoms with van der Waals surface area (Å²) in [6.45, 7) is 9.72. The quantitative estimate of drug-likeness (QED) is 0.616. The van der Waals surface area contributed by atoms with Gasteiger partial charge >= 0.3 is 0 Å². The summed E-state index contributed by atoms with van der Waals surface area (Å²) in [5, 5.41) is 0. The molecule has 0 N–H and O–H groups in total. The summed E-state index contributed by atoms with van der Waals surface area (Å²) in [4.78, 5) is 32.1. The van der Waals surface area contributed by atoms with Gasteiger partial charge in [0.25, 0.3) is 11.7 Å². The Hall–Kier alpha value is -3.36. The highest BCUT2D eigenvalue weighted by atomic mass is 16.7. The second kappa shape index (κ2) is 8.10. The maximum atomic E-state index is 12.8. The standard InChI is InChI=1S/C27H29N3O5/c1-27(2)13-18(20-11-19(33-3)12-21-24(20)30(27)26(32)25(21)31)15-29-8-6-28(7-9-29)14-17-4-5-22-23(10-17)35-16-34-22/h4-5,10-13H,6-9,14-16H2,1-3H3. The molecule has 4 heterocycles. The molecule has 2 aromatic rings. The molecule has 0 radical (unpaired) electrons. The lowest BCUT2D eigenvalue weighted by atomic mass is 9.87. The number of ketones is 1. The van der Waals surface area contributed by atoms with Crippen LogP contribution in [0.1, 0.15) is 35.3 Å². The molecule has 4 aliphatic heterocycles. The van der Waals surface area contributed by atoms with E-state index in [1.165, 1.54) is 5.56 Å². The average molecular weight is 476 g/mol. The topological polar surface area (TPSA) is 71.6 Å². The van der Waals surface area contributed by atoms with E-state index >= 15 is 0 Å². The van der Waals surface area contributed by atoms with Gasteiger partial charge in [-0.05, 0) is 49.2 Å². The summed E-state index contributed by atoms with van der Waals surface area (Å²) in [5.74, 6) is 1.31. The molecule has 0 spiro atoms. The van der Waals surface area contributed by atoms with Crippen LogP contribution in [-0.2, 0) is 11.3 Å². The minimum Gasteiger partial charge on any atom is -0.497 e. The molecule has 1 fully saturated rings. The second-order valence-corrected chi connectivity index (χ2v) is 10.1. The number of amides is 1. The molecular weight excluding hydrogens is 446 g/mol. The number of piperazine rings is 1. The summed E-state index contributed by atoms with van der Waals surface area (Å²) >= 11 is 0. The Kier molecular flexibility index (Phi) is 5.12. The summed E-state index contributed by atoms with van der Waals surface area (Å²) in [5.41, 5.74) is 3.87. The minimum absolute atomic E-state index is 0.292. The van der Waals surface area contributed by atoms with E-state index in [4.69, 9.17) is 14.2 Å². The molecule has 35 heavy (non-hydrogen) atoms. The van der Waals surface area contributed by atoms with Crippen LogP contribution in [-0.4, -0.2) is 73.7 Å². The molecule has 8 heteroatoms. The number of anilines is 1. The first-order valence-corrected chi connectivity index (χ1v) is 12.0. The molecule has 1 amide bonds. The number of Topliss-reactive ketones (excluding diaryl/α,β-unsaturated/α-hetero) is 1. The van der Waals surface area contributed by atoms with Gasteiger partial charge in [0.15, 0.2) is 11.5 Å². The molecule has 0 saturated carbocycles. The lowest BCUT2D eigenvalue weighted by molar-refractivity contribution is -0.115. The highest BCUT2D eigenvalue weighted by Crippen LogP contribution is 2.47. The Balaban J connectivity index is 1.18. The van der Waals surface area contributed by atoms with Crippen molar-refractivity contribution in [3.8, 4) is 17.2 Å². The molecule has 0 bridgehead atoms. The van der Waals surface area contributed by atoms with Crippen molar-refractivity contribution in [2.24, 2.45) is 0 Å². The van der Waals surface area contributed by atoms with Crippen LogP contribution in [0.5, 0.6) is 17.2 Å². The molecule has 0 aromatic heterocycles. The van der Waals surface area contributed by atoms with Crippen molar-refractivity contribution in [3.63, 3.8) is 0 Å². The summed E-state index contributed by atoms with van der Waals surface area (Å²) in [6, 6.07) is 9.80. The van der Waals surface area contributed by atoms with E-state index in [0.29, 0.717) is 18.1 Å². The molecule has 182 valence electrons. The van der Waals surface area contributed by atoms with Gasteiger partial charge in [-0.15, -0.1) is 0 Å². The Bertz CT molecular complexity index is 1260. The third-order valence-corrected chi connectivity index (χ3v) is 7.34. The molecule has 1 saturated heterocycles. The highest BCUT2D eigenvalue weighted by molar-refractivity contribution is 6.53. The molecule has 0 atom stereocenters. The van der Waals surface area contributed by atoms with Gasteiger partial charge < -0.3 is 14.2 Å². The average Bonchev–Trinajstić information content (AvgIpc) is 3.41. The molecule has 2 aromatic carbocycles. The number of benzene rings is 2. The van der Waals surface area contributed by atoms with Gasteiger partial charge in [0.1, 0.15) is 5.75 Å². The van der Waals surface area contributed by atoms with Gasteiger partial charge in [-0.1, -0.05) is 12.1 Å². The summed E-state index contributed by atoms with van der Waals surface area (Å²) in [6.07, 6.45) is 2.13. The number of carbonyl (C=O) groups is 2. The molecule has 0 aliphatic carbocycles. The summed E-state index contributed by atoms with van der Waals surface area (Å²) < 4.78 is 16.4. The number of methoxy groups -OCH3 is 1. The number of rotatable bonds is 5. The van der Waals surface area contributed by atoms with Crippen LogP contribution in [0.15, 0.2) is 36.4 Å². The van der Waals surface area contributed by atoms with E-state index < -0.39 is 17.2 Å². The number of fused-ring (bicyclic) bond motifs is 1. The first-order chi connectivity index (χ1) is 16.8. The van der Waals surface area contributed by atoms with Crippen molar-refractivity contribution in [2.45, 2.75) is 25.9 Å². The van der Waals surface area contributed by atoms with Gasteiger partial charge in [0.05, 0.1) is 23.9 Å². The number of carbonyl (C=O) groups excluding carboxylic acids is 2. The number of nitrogens with zero attached hydrogens (tertiary/aromatic N) is 3. The van der Waals surface area contributed by atoms with Crippen LogP contribution in [0.2, 0.25) is 0 Å². The molecule has 0 unspecified atom stereocenters. The smallest absolute Gasteiger partial charge is 0.300 e. The highest BCUT2D eigenvalue weighted by Gasteiger charge is 2.47. The number of hydrogen-bond donors (Lipinski definition) is 0. The van der Waals surface area contributed by atoms with E-state index in [0.717, 1.165) is 67.6 Å². The van der Waals surface area contributed by atoms with Crippen molar-refractivity contribution >= 4 is 23.0 Å². The van der Waals surface area contributed by atoms with Crippen LogP contribution in [0.25, 0.3) is 5.57 Å². The lowest BCUT2D eigenvalue weighted by Gasteiger charge is -2.41. The van der Waals surface area contributed by atoms with E-state index in [9.17, 15) is 9.59 Å². The molecule has 4 aliphatic rings. The van der Waals surface area contributed by atoms with Crippen LogP contribution >= 0.6 is 0 Å². The zero-order valence-corrected chi connectivity index (χ0v) is 20.3. The van der Waals surface area contributed by atoms with E-state index in [1.807, 2.05) is 26.0 Å². The fraction of sp³-hybridized carbons (Fsp3) is 0.407. The first-order valence-electron chi connectivity index (χ1n) is 12.0. The Labute approximate surface area is 204 Å². The minimum atomic E-state index is -0.573. The Morgan fingerprint density at radius 2 is 1.60 bits per heavy atom. The van der Waals surface area contributed by atoms with Crippen LogP contribution in [0.3, 0.4) is 0 Å². The fourth-order valence-electron chi connectivity index (χ4n) is 5.60. The number of hydrogen-bond acceptors (Lipinski definition) is 7. The van der Waals surface area contributed by atoms with E-state index in [1.54, 1.807) is 18.1 Å². The van der Waals surface area contributed by atoms with Crippen molar-refractivity contribution in [1.82, 2.24) is 9.80 Å². The van der Waals surface area contributed by atoms with E-state index in [2.05, 4.69) is 28.0 Å². The predicted octanol–water partition coefficient (Wildman–Crippen LogP) is 2.95. The van der Waals surface area contributed by atoms with Crippen molar-refractivity contribution in [2.75, 3.05) is 51.5 Å². The van der Waals surface area contributed by atoms with Crippen molar-refractivity contribution in [3.05, 3.63) is 53.1 Å². The van der Waals surface area contributed by atoms with E-state index in [-0.39, 0.29) is 0 Å². The predicted molar refractivity (Wildman–Crippen MR) is 131 cm³/mol. The fourth-order valence-corrected chi connectivity index (χ4v) is 5.60. The summed E-state index contributed by atoms with van der Waals surface area (Å²) in [7, 11) is 1.59. The SMILES string of the molecule is COc1cc2c3c(c1)C(CN1CCN(Cc4ccc5c(c4)OCO5)CC1)=CC(C)(C)N3C(=O)C2=O. The molecule has 6 rings (SSSR count). The van der Waals surface area contributed by atoms with Crippen LogP contribution < -0.4 is 19.1 Å². The third kappa shape index (κ3) is 3.68. The van der Waals surface area contributed by atoms with Crippen molar-refractivity contribution in [1.29, 1.82) is 0 Å². The van der Waals surface area contributed by atoms with Crippen molar-refractivity contribution < 1.29 is 23.8 Å². The van der Waals surface area contributed by atoms with Gasteiger partial charge in [0, 0.05) is 44.8 Å². The second-order valence-electron chi connectivity index (χ2n) is 10.1. The van der Waals surface area contributed by atoms with Gasteiger partial charge in [-0.2, -0.15) is 0 Å². The molecular formula is C27H29N3O5. The molecule has 8 nitrogen and oxygen atoms in total. The Morgan fingerprint density at radius 3 is 2.34 bits per heavy atom.